The molecule has 0 spiro atoms. The highest BCUT2D eigenvalue weighted by Gasteiger charge is 2.55. The van der Waals surface area contributed by atoms with Crippen LogP contribution in [0.25, 0.3) is 0 Å². The van der Waals surface area contributed by atoms with Crippen molar-refractivity contribution in [3.05, 3.63) is 41.4 Å². The Hall–Kier alpha value is -2.85. The highest BCUT2D eigenvalue weighted by atomic mass is 35.5. The summed E-state index contributed by atoms with van der Waals surface area (Å²) in [5.41, 5.74) is -1.30. The lowest BCUT2D eigenvalue weighted by Gasteiger charge is -2.56. The minimum Gasteiger partial charge on any atom is -0.484 e. The summed E-state index contributed by atoms with van der Waals surface area (Å²) in [6.45, 7) is -0.461. The Bertz CT molecular complexity index is 1040. The molecular formula is C22H26ClFN4O5. The number of amides is 2. The Labute approximate surface area is 195 Å². The van der Waals surface area contributed by atoms with Crippen LogP contribution in [0.5, 0.6) is 11.5 Å². The summed E-state index contributed by atoms with van der Waals surface area (Å²) in [5, 5.41) is 20.7. The molecule has 3 aliphatic rings. The molecule has 1 aromatic carbocycles. The number of aliphatic hydroxyl groups excluding tert-OH is 1. The van der Waals surface area contributed by atoms with E-state index in [9.17, 15) is 19.1 Å². The molecule has 0 aliphatic heterocycles. The van der Waals surface area contributed by atoms with Gasteiger partial charge in [-0.25, -0.2) is 4.39 Å². The standard InChI is InChI=1S/C22H26ClFN4O5/c1-28-11-15(10-25-28)33-13-20(31)27-22-6-4-21(5-7-22,9-18(22)29)26-19(30)12-32-14-2-3-16(23)17(24)8-14/h2-3,8,10-11,18,29H,4-7,9,12-13H2,1H3,(H,26,30)(H,27,31)/t18-,21?,22?/m0/s1. The third-order valence-corrected chi connectivity index (χ3v) is 6.73. The normalized spacial score (nSPS) is 26.0. The molecule has 0 radical (unpaired) electrons. The summed E-state index contributed by atoms with van der Waals surface area (Å²) in [7, 11) is 1.75. The predicted molar refractivity (Wildman–Crippen MR) is 116 cm³/mol. The number of ether oxygens (including phenoxy) is 2. The van der Waals surface area contributed by atoms with E-state index in [0.717, 1.165) is 6.07 Å². The number of nitrogens with one attached hydrogen (secondary N) is 2. The van der Waals surface area contributed by atoms with E-state index in [0.29, 0.717) is 37.9 Å². The number of nitrogens with zero attached hydrogens (tertiary/aromatic N) is 2. The molecular weight excluding hydrogens is 455 g/mol. The summed E-state index contributed by atoms with van der Waals surface area (Å²) < 4.78 is 25.9. The zero-order valence-electron chi connectivity index (χ0n) is 18.1. The lowest BCUT2D eigenvalue weighted by Crippen LogP contribution is -2.70. The highest BCUT2D eigenvalue weighted by Crippen LogP contribution is 2.47. The van der Waals surface area contributed by atoms with Gasteiger partial charge in [-0.3, -0.25) is 14.3 Å². The molecule has 1 heterocycles. The Balaban J connectivity index is 1.27. The number of aliphatic hydroxyl groups is 1. The second kappa shape index (κ2) is 9.18. The van der Waals surface area contributed by atoms with Crippen molar-refractivity contribution in [2.45, 2.75) is 49.3 Å². The minimum atomic E-state index is -0.811. The fourth-order valence-electron chi connectivity index (χ4n) is 4.65. The fourth-order valence-corrected chi connectivity index (χ4v) is 4.76. The SMILES string of the molecule is Cn1cc(OCC(=O)NC23CCC(NC(=O)COc4ccc(Cl)c(F)c4)(CC2)C[C@@H]3O)cn1. The molecule has 2 aromatic rings. The van der Waals surface area contributed by atoms with Crippen molar-refractivity contribution in [3.63, 3.8) is 0 Å². The molecule has 3 N–H and O–H groups in total. The molecule has 3 fully saturated rings. The maximum Gasteiger partial charge on any atom is 0.258 e. The van der Waals surface area contributed by atoms with Gasteiger partial charge in [0.2, 0.25) is 0 Å². The Morgan fingerprint density at radius 2 is 1.85 bits per heavy atom. The van der Waals surface area contributed by atoms with Crippen LogP contribution in [0, 0.1) is 5.82 Å². The number of hydrogen-bond donors (Lipinski definition) is 3. The first kappa shape index (κ1) is 23.3. The lowest BCUT2D eigenvalue weighted by molar-refractivity contribution is -0.137. The summed E-state index contributed by atoms with van der Waals surface area (Å²) in [4.78, 5) is 24.9. The van der Waals surface area contributed by atoms with Crippen molar-refractivity contribution in [2.24, 2.45) is 7.05 Å². The molecule has 9 nitrogen and oxygen atoms in total. The molecule has 1 aromatic heterocycles. The maximum atomic E-state index is 13.5. The monoisotopic (exact) mass is 480 g/mol. The van der Waals surface area contributed by atoms with Crippen molar-refractivity contribution in [2.75, 3.05) is 13.2 Å². The molecule has 0 saturated heterocycles. The number of aryl methyl sites for hydroxylation is 1. The van der Waals surface area contributed by atoms with Crippen LogP contribution in [-0.4, -0.2) is 57.1 Å². The van der Waals surface area contributed by atoms with Crippen molar-refractivity contribution in [3.8, 4) is 11.5 Å². The third kappa shape index (κ3) is 5.22. The van der Waals surface area contributed by atoms with Crippen LogP contribution in [-0.2, 0) is 16.6 Å². The summed E-state index contributed by atoms with van der Waals surface area (Å²) in [6.07, 6.45) is 4.95. The zero-order chi connectivity index (χ0) is 23.6. The van der Waals surface area contributed by atoms with Gasteiger partial charge in [-0.1, -0.05) is 11.6 Å². The van der Waals surface area contributed by atoms with E-state index in [-0.39, 0.29) is 35.8 Å². The van der Waals surface area contributed by atoms with Crippen LogP contribution in [0.4, 0.5) is 4.39 Å². The van der Waals surface area contributed by atoms with Crippen molar-refractivity contribution in [1.29, 1.82) is 0 Å². The van der Waals surface area contributed by atoms with E-state index in [1.807, 2.05) is 0 Å². The molecule has 0 unspecified atom stereocenters. The molecule has 2 bridgehead atoms. The van der Waals surface area contributed by atoms with E-state index < -0.39 is 23.0 Å². The number of carbonyl (C=O) groups is 2. The summed E-state index contributed by atoms with van der Waals surface area (Å²) >= 11 is 5.65. The quantitative estimate of drug-likeness (QED) is 0.530. The first-order valence-electron chi connectivity index (χ1n) is 10.7. The highest BCUT2D eigenvalue weighted by molar-refractivity contribution is 6.30. The van der Waals surface area contributed by atoms with Gasteiger partial charge in [0.1, 0.15) is 11.6 Å². The van der Waals surface area contributed by atoms with Crippen LogP contribution in [0.1, 0.15) is 32.1 Å². The number of carbonyl (C=O) groups excluding carboxylic acids is 2. The average molecular weight is 481 g/mol. The number of benzene rings is 1. The first-order valence-corrected chi connectivity index (χ1v) is 11.1. The maximum absolute atomic E-state index is 13.5. The molecule has 178 valence electrons. The molecule has 1 atom stereocenters. The molecule has 2 amide bonds. The second-order valence-corrected chi connectivity index (χ2v) is 9.16. The topological polar surface area (TPSA) is 115 Å². The van der Waals surface area contributed by atoms with Crippen LogP contribution < -0.4 is 20.1 Å². The van der Waals surface area contributed by atoms with Gasteiger partial charge in [-0.05, 0) is 44.2 Å². The largest absolute Gasteiger partial charge is 0.484 e. The molecule has 3 aliphatic carbocycles. The minimum absolute atomic E-state index is 0.0247. The molecule has 3 saturated carbocycles. The molecule has 33 heavy (non-hydrogen) atoms. The smallest absolute Gasteiger partial charge is 0.258 e. The average Bonchev–Trinajstić information content (AvgIpc) is 3.19. The van der Waals surface area contributed by atoms with Crippen LogP contribution >= 0.6 is 11.6 Å². The third-order valence-electron chi connectivity index (χ3n) is 6.43. The van der Waals surface area contributed by atoms with Crippen LogP contribution in [0.15, 0.2) is 30.6 Å². The van der Waals surface area contributed by atoms with E-state index >= 15 is 0 Å². The van der Waals surface area contributed by atoms with Gasteiger partial charge >= 0.3 is 0 Å². The van der Waals surface area contributed by atoms with Gasteiger partial charge in [-0.15, -0.1) is 0 Å². The Morgan fingerprint density at radius 3 is 2.45 bits per heavy atom. The first-order chi connectivity index (χ1) is 15.7. The van der Waals surface area contributed by atoms with Gasteiger partial charge in [0.15, 0.2) is 19.0 Å². The Kier molecular flexibility index (Phi) is 6.49. The number of fused-ring (bicyclic) bond motifs is 3. The van der Waals surface area contributed by atoms with E-state index in [1.165, 1.54) is 18.3 Å². The summed E-state index contributed by atoms with van der Waals surface area (Å²) in [6, 6.07) is 3.96. The number of rotatable bonds is 8. The predicted octanol–water partition coefficient (Wildman–Crippen LogP) is 1.72. The van der Waals surface area contributed by atoms with Crippen LogP contribution in [0.3, 0.4) is 0 Å². The number of hydrogen-bond acceptors (Lipinski definition) is 6. The van der Waals surface area contributed by atoms with Gasteiger partial charge in [0.25, 0.3) is 11.8 Å². The van der Waals surface area contributed by atoms with Gasteiger partial charge in [-0.2, -0.15) is 5.10 Å². The number of aromatic nitrogens is 2. The van der Waals surface area contributed by atoms with Crippen molar-refractivity contribution >= 4 is 23.4 Å². The molecule has 11 heteroatoms. The van der Waals surface area contributed by atoms with Gasteiger partial charge in [0.05, 0.1) is 29.1 Å². The van der Waals surface area contributed by atoms with Gasteiger partial charge < -0.3 is 25.2 Å². The van der Waals surface area contributed by atoms with Crippen molar-refractivity contribution in [1.82, 2.24) is 20.4 Å². The fraction of sp³-hybridized carbons (Fsp3) is 0.500. The van der Waals surface area contributed by atoms with Crippen LogP contribution in [0.2, 0.25) is 5.02 Å². The zero-order valence-corrected chi connectivity index (χ0v) is 18.9. The van der Waals surface area contributed by atoms with Gasteiger partial charge in [0, 0.05) is 18.7 Å². The second-order valence-electron chi connectivity index (χ2n) is 8.76. The Morgan fingerprint density at radius 1 is 1.18 bits per heavy atom. The van der Waals surface area contributed by atoms with E-state index in [2.05, 4.69) is 15.7 Å². The van der Waals surface area contributed by atoms with Crippen molar-refractivity contribution < 1.29 is 28.6 Å². The molecule has 5 rings (SSSR count). The van der Waals surface area contributed by atoms with E-state index in [1.54, 1.807) is 17.9 Å². The summed E-state index contributed by atoms with van der Waals surface area (Å²) in [5.74, 6) is -0.615. The van der Waals surface area contributed by atoms with E-state index in [4.69, 9.17) is 21.1 Å². The lowest BCUT2D eigenvalue weighted by atomic mass is 9.60. The number of halogens is 2.